The SMILES string of the molecule is [O-]C(Cn1c[n+](Cc2ccccc2)c2ccccc21)=C1C=Nc2cccc3cccc(c23)[NH2+]1. The van der Waals surface area contributed by atoms with E-state index in [1.54, 1.807) is 6.21 Å². The Morgan fingerprint density at radius 2 is 1.67 bits per heavy atom. The molecule has 0 aliphatic carbocycles. The maximum absolute atomic E-state index is 13.4. The molecule has 6 rings (SSSR count). The van der Waals surface area contributed by atoms with Crippen molar-refractivity contribution in [1.29, 1.82) is 0 Å². The highest BCUT2D eigenvalue weighted by molar-refractivity contribution is 6.02. The number of para-hydroxylation sites is 2. The lowest BCUT2D eigenvalue weighted by molar-refractivity contribution is -0.663. The topological polar surface area (TPSA) is 60.8 Å². The van der Waals surface area contributed by atoms with Gasteiger partial charge in [0.2, 0.25) is 6.33 Å². The molecule has 4 aromatic carbocycles. The molecule has 33 heavy (non-hydrogen) atoms. The van der Waals surface area contributed by atoms with Crippen LogP contribution in [0.1, 0.15) is 5.56 Å². The molecule has 5 heteroatoms. The molecule has 1 aliphatic rings. The molecule has 160 valence electrons. The quantitative estimate of drug-likeness (QED) is 0.265. The van der Waals surface area contributed by atoms with Crippen molar-refractivity contribution in [2.75, 3.05) is 0 Å². The van der Waals surface area contributed by atoms with Gasteiger partial charge in [0.15, 0.2) is 11.0 Å². The Morgan fingerprint density at radius 3 is 2.55 bits per heavy atom. The Hall–Kier alpha value is -4.22. The van der Waals surface area contributed by atoms with Crippen molar-refractivity contribution in [3.8, 4) is 0 Å². The molecule has 0 spiro atoms. The highest BCUT2D eigenvalue weighted by atomic mass is 16.3. The fraction of sp³-hybridized carbons (Fsp3) is 0.0714. The van der Waals surface area contributed by atoms with E-state index in [2.05, 4.69) is 58.1 Å². The maximum atomic E-state index is 13.4. The van der Waals surface area contributed by atoms with E-state index < -0.39 is 0 Å². The van der Waals surface area contributed by atoms with Gasteiger partial charge in [0.25, 0.3) is 0 Å². The first-order chi connectivity index (χ1) is 16.3. The van der Waals surface area contributed by atoms with Crippen LogP contribution in [0.5, 0.6) is 0 Å². The first-order valence-corrected chi connectivity index (χ1v) is 11.1. The molecule has 5 aromatic rings. The van der Waals surface area contributed by atoms with Gasteiger partial charge in [-0.15, -0.1) is 0 Å². The number of hydrogen-bond acceptors (Lipinski definition) is 2. The lowest BCUT2D eigenvalue weighted by Crippen LogP contribution is -2.77. The molecule has 0 bridgehead atoms. The maximum Gasteiger partial charge on any atom is 0.245 e. The summed E-state index contributed by atoms with van der Waals surface area (Å²) in [6.07, 6.45) is 3.75. The Bertz CT molecular complexity index is 1540. The van der Waals surface area contributed by atoms with E-state index >= 15 is 0 Å². The molecule has 0 atom stereocenters. The minimum absolute atomic E-state index is 0.0381. The summed E-state index contributed by atoms with van der Waals surface area (Å²) >= 11 is 0. The van der Waals surface area contributed by atoms with Gasteiger partial charge in [0, 0.05) is 6.07 Å². The molecule has 0 saturated heterocycles. The summed E-state index contributed by atoms with van der Waals surface area (Å²) < 4.78 is 4.23. The third-order valence-corrected chi connectivity index (χ3v) is 6.18. The first kappa shape index (κ1) is 19.5. The fourth-order valence-corrected chi connectivity index (χ4v) is 4.59. The molecule has 2 heterocycles. The van der Waals surface area contributed by atoms with Gasteiger partial charge in [0.1, 0.15) is 24.5 Å². The molecular formula is C28H23N4O+. The number of rotatable bonds is 4. The second-order valence-electron chi connectivity index (χ2n) is 8.35. The second-order valence-corrected chi connectivity index (χ2v) is 8.35. The zero-order valence-electron chi connectivity index (χ0n) is 18.1. The number of hydrogen-bond donors (Lipinski definition) is 1. The van der Waals surface area contributed by atoms with Crippen LogP contribution < -0.4 is 15.0 Å². The standard InChI is InChI=1S/C28H22N4O/c33-27(24-16-29-22-12-6-10-21-11-7-13-23(30-24)28(21)22)18-32-19-31(17-20-8-2-1-3-9-20)25-14-4-5-15-26(25)32/h1-16,19,30H,17-18H2/p+1. The number of nitrogens with zero attached hydrogens (tertiary/aromatic N) is 3. The zero-order valence-corrected chi connectivity index (χ0v) is 18.1. The van der Waals surface area contributed by atoms with E-state index in [-0.39, 0.29) is 12.3 Å². The average molecular weight is 432 g/mol. The number of imidazole rings is 1. The number of nitrogens with two attached hydrogens (primary N) is 1. The van der Waals surface area contributed by atoms with E-state index in [1.807, 2.05) is 58.7 Å². The van der Waals surface area contributed by atoms with Crippen LogP contribution in [-0.4, -0.2) is 10.8 Å². The van der Waals surface area contributed by atoms with Crippen LogP contribution in [0.2, 0.25) is 0 Å². The Morgan fingerprint density at radius 1 is 0.879 bits per heavy atom. The highest BCUT2D eigenvalue weighted by Crippen LogP contribution is 2.31. The molecule has 5 nitrogen and oxygen atoms in total. The van der Waals surface area contributed by atoms with Gasteiger partial charge in [-0.25, -0.2) is 14.1 Å². The van der Waals surface area contributed by atoms with Gasteiger partial charge in [0.05, 0.1) is 17.3 Å². The van der Waals surface area contributed by atoms with Crippen LogP contribution in [0, 0.1) is 0 Å². The number of aliphatic imine (C=N–C) groups is 1. The van der Waals surface area contributed by atoms with Gasteiger partial charge < -0.3 is 5.11 Å². The third kappa shape index (κ3) is 3.58. The van der Waals surface area contributed by atoms with Crippen LogP contribution in [0.25, 0.3) is 21.8 Å². The lowest BCUT2D eigenvalue weighted by atomic mass is 10.1. The van der Waals surface area contributed by atoms with E-state index in [1.165, 1.54) is 5.56 Å². The predicted octanol–water partition coefficient (Wildman–Crippen LogP) is 3.31. The summed E-state index contributed by atoms with van der Waals surface area (Å²) in [6.45, 7) is 1.01. The van der Waals surface area contributed by atoms with Crippen molar-refractivity contribution in [1.82, 2.24) is 4.57 Å². The minimum atomic E-state index is 0.0381. The van der Waals surface area contributed by atoms with Crippen molar-refractivity contribution in [3.05, 3.63) is 114 Å². The average Bonchev–Trinajstić information content (AvgIpc) is 3.06. The number of fused-ring (bicyclic) bond motifs is 1. The number of aromatic nitrogens is 2. The monoisotopic (exact) mass is 431 g/mol. The predicted molar refractivity (Wildman–Crippen MR) is 128 cm³/mol. The van der Waals surface area contributed by atoms with Crippen LogP contribution in [0.15, 0.2) is 114 Å². The van der Waals surface area contributed by atoms with Crippen molar-refractivity contribution in [2.24, 2.45) is 4.99 Å². The molecule has 0 saturated carbocycles. The number of benzene rings is 4. The Balaban J connectivity index is 1.38. The van der Waals surface area contributed by atoms with Gasteiger partial charge in [-0.1, -0.05) is 66.7 Å². The van der Waals surface area contributed by atoms with E-state index in [0.717, 1.165) is 39.7 Å². The molecule has 0 fully saturated rings. The Kier molecular flexibility index (Phi) is 4.74. The summed E-state index contributed by atoms with van der Waals surface area (Å²) in [4.78, 5) is 4.64. The fourth-order valence-electron chi connectivity index (χ4n) is 4.59. The summed E-state index contributed by atoms with van der Waals surface area (Å²) in [5, 5.41) is 17.6. The van der Waals surface area contributed by atoms with Crippen LogP contribution in [0.3, 0.4) is 0 Å². The summed E-state index contributed by atoms with van der Waals surface area (Å²) in [6, 6.07) is 30.8. The summed E-state index contributed by atoms with van der Waals surface area (Å²) in [5.74, 6) is 0.0381. The number of allylic oxidation sites excluding steroid dienone is 2. The first-order valence-electron chi connectivity index (χ1n) is 11.1. The lowest BCUT2D eigenvalue weighted by Gasteiger charge is -2.12. The second kappa shape index (κ2) is 8.04. The molecule has 0 radical (unpaired) electrons. The van der Waals surface area contributed by atoms with Crippen molar-refractivity contribution >= 4 is 39.4 Å². The highest BCUT2D eigenvalue weighted by Gasteiger charge is 2.18. The van der Waals surface area contributed by atoms with E-state index in [4.69, 9.17) is 0 Å². The Labute approximate surface area is 191 Å². The van der Waals surface area contributed by atoms with Crippen molar-refractivity contribution in [2.45, 2.75) is 13.1 Å². The number of quaternary nitrogens is 1. The molecule has 2 N–H and O–H groups in total. The summed E-state index contributed by atoms with van der Waals surface area (Å²) in [5.41, 5.74) is 5.91. The minimum Gasteiger partial charge on any atom is -0.869 e. The molecule has 1 aliphatic heterocycles. The van der Waals surface area contributed by atoms with Gasteiger partial charge in [-0.3, -0.25) is 5.32 Å². The zero-order chi connectivity index (χ0) is 22.2. The van der Waals surface area contributed by atoms with Crippen molar-refractivity contribution in [3.63, 3.8) is 0 Å². The molecule has 1 aromatic heterocycles. The van der Waals surface area contributed by atoms with E-state index in [9.17, 15) is 5.11 Å². The third-order valence-electron chi connectivity index (χ3n) is 6.18. The largest absolute Gasteiger partial charge is 0.869 e. The van der Waals surface area contributed by atoms with Gasteiger partial charge in [-0.2, -0.15) is 0 Å². The van der Waals surface area contributed by atoms with Crippen LogP contribution in [0.4, 0.5) is 11.4 Å². The normalized spacial score (nSPS) is 14.5. The van der Waals surface area contributed by atoms with Gasteiger partial charge >= 0.3 is 0 Å². The van der Waals surface area contributed by atoms with Gasteiger partial charge in [-0.05, 0) is 34.9 Å². The molecular weight excluding hydrogens is 408 g/mol. The summed E-state index contributed by atoms with van der Waals surface area (Å²) in [7, 11) is 0. The molecule has 0 amide bonds. The molecule has 0 unspecified atom stereocenters. The van der Waals surface area contributed by atoms with Crippen molar-refractivity contribution < 1.29 is 15.0 Å². The van der Waals surface area contributed by atoms with Crippen LogP contribution >= 0.6 is 0 Å². The van der Waals surface area contributed by atoms with Crippen LogP contribution in [-0.2, 0) is 13.1 Å². The van der Waals surface area contributed by atoms with E-state index in [0.29, 0.717) is 5.70 Å². The smallest absolute Gasteiger partial charge is 0.245 e.